The van der Waals surface area contributed by atoms with Gasteiger partial charge in [-0.25, -0.2) is 5.43 Å². The van der Waals surface area contributed by atoms with Crippen LogP contribution in [-0.4, -0.2) is 17.3 Å². The molecule has 2 rings (SSSR count). The van der Waals surface area contributed by atoms with Crippen LogP contribution < -0.4 is 21.7 Å². The Labute approximate surface area is 112 Å². The number of hydrogen-bond acceptors (Lipinski definition) is 5. The number of methoxy groups -OCH3 is 1. The highest BCUT2D eigenvalue weighted by atomic mass is 16.5. The number of hydrogen-bond donors (Lipinski definition) is 4. The third kappa shape index (κ3) is 2.40. The number of anilines is 1. The average molecular weight is 261 g/mol. The summed E-state index contributed by atoms with van der Waals surface area (Å²) in [5.41, 5.74) is 12.6. The van der Waals surface area contributed by atoms with Gasteiger partial charge >= 0.3 is 0 Å². The van der Waals surface area contributed by atoms with Gasteiger partial charge in [-0.3, -0.25) is 10.9 Å². The molecule has 0 bridgehead atoms. The van der Waals surface area contributed by atoms with Crippen molar-refractivity contribution in [3.05, 3.63) is 40.6 Å². The molecule has 102 valence electrons. The fourth-order valence-electron chi connectivity index (χ4n) is 2.23. The van der Waals surface area contributed by atoms with E-state index in [1.807, 2.05) is 26.0 Å². The molecule has 1 atom stereocenters. The van der Waals surface area contributed by atoms with Crippen molar-refractivity contribution in [1.29, 1.82) is 0 Å². The molecule has 0 fully saturated rings. The van der Waals surface area contributed by atoms with Gasteiger partial charge in [0, 0.05) is 5.56 Å². The zero-order valence-electron chi connectivity index (χ0n) is 11.3. The van der Waals surface area contributed by atoms with Crippen LogP contribution in [0.4, 0.5) is 5.82 Å². The highest BCUT2D eigenvalue weighted by Gasteiger charge is 2.19. The zero-order valence-corrected chi connectivity index (χ0v) is 11.3. The van der Waals surface area contributed by atoms with Crippen LogP contribution in [0.5, 0.6) is 5.75 Å². The Hall–Kier alpha value is -2.05. The van der Waals surface area contributed by atoms with Gasteiger partial charge in [-0.05, 0) is 36.6 Å². The number of aryl methyl sites for hydroxylation is 2. The van der Waals surface area contributed by atoms with Crippen molar-refractivity contribution in [3.63, 3.8) is 0 Å². The normalized spacial score (nSPS) is 12.4. The quantitative estimate of drug-likeness (QED) is 0.489. The molecule has 19 heavy (non-hydrogen) atoms. The summed E-state index contributed by atoms with van der Waals surface area (Å²) in [5.74, 6) is 7.04. The number of nitrogens with one attached hydrogen (secondary N) is 2. The minimum absolute atomic E-state index is 0.205. The molecule has 0 aliphatic rings. The van der Waals surface area contributed by atoms with E-state index < -0.39 is 0 Å². The lowest BCUT2D eigenvalue weighted by Crippen LogP contribution is -2.29. The summed E-state index contributed by atoms with van der Waals surface area (Å²) in [5, 5.41) is 6.65. The molecule has 6 N–H and O–H groups in total. The summed E-state index contributed by atoms with van der Waals surface area (Å²) in [4.78, 5) is 0. The standard InChI is InChI=1S/C13H19N5O/c1-7-5-11(19-3)8(2)4-9(7)12(17-15)10-6-16-18-13(10)14/h4-6,12,17H,15H2,1-3H3,(H3,14,16,18). The van der Waals surface area contributed by atoms with Gasteiger partial charge in [0.05, 0.1) is 19.3 Å². The molecule has 0 spiro atoms. The Morgan fingerprint density at radius 2 is 2.00 bits per heavy atom. The molecule has 0 saturated carbocycles. The number of nitrogen functional groups attached to an aromatic ring is 1. The molecular formula is C13H19N5O. The fraction of sp³-hybridized carbons (Fsp3) is 0.308. The van der Waals surface area contributed by atoms with Gasteiger partial charge in [0.25, 0.3) is 0 Å². The number of hydrazine groups is 1. The summed E-state index contributed by atoms with van der Waals surface area (Å²) >= 11 is 0. The van der Waals surface area contributed by atoms with Crippen LogP contribution in [0.1, 0.15) is 28.3 Å². The summed E-state index contributed by atoms with van der Waals surface area (Å²) < 4.78 is 5.31. The van der Waals surface area contributed by atoms with Crippen LogP contribution in [0.15, 0.2) is 18.3 Å². The first-order valence-electron chi connectivity index (χ1n) is 5.98. The molecule has 1 aromatic heterocycles. The largest absolute Gasteiger partial charge is 0.496 e. The molecule has 2 aromatic rings. The van der Waals surface area contributed by atoms with Gasteiger partial charge in [-0.1, -0.05) is 6.07 Å². The first-order chi connectivity index (χ1) is 9.08. The molecule has 6 heteroatoms. The summed E-state index contributed by atoms with van der Waals surface area (Å²) in [6, 6.07) is 3.83. The topological polar surface area (TPSA) is 102 Å². The van der Waals surface area contributed by atoms with Crippen LogP contribution >= 0.6 is 0 Å². The monoisotopic (exact) mass is 261 g/mol. The highest BCUT2D eigenvalue weighted by Crippen LogP contribution is 2.31. The Morgan fingerprint density at radius 3 is 2.53 bits per heavy atom. The molecular weight excluding hydrogens is 242 g/mol. The molecule has 1 heterocycles. The average Bonchev–Trinajstić information content (AvgIpc) is 2.80. The van der Waals surface area contributed by atoms with Crippen LogP contribution in [0.3, 0.4) is 0 Å². The maximum absolute atomic E-state index is 5.86. The van der Waals surface area contributed by atoms with E-state index >= 15 is 0 Å². The molecule has 1 aromatic carbocycles. The SMILES string of the molecule is COc1cc(C)c(C(NN)c2cn[nH]c2N)cc1C. The van der Waals surface area contributed by atoms with Crippen molar-refractivity contribution >= 4 is 5.82 Å². The van der Waals surface area contributed by atoms with E-state index in [1.54, 1.807) is 13.3 Å². The van der Waals surface area contributed by atoms with Crippen LogP contribution in [0.25, 0.3) is 0 Å². The predicted molar refractivity (Wildman–Crippen MR) is 74.6 cm³/mol. The minimum atomic E-state index is -0.205. The Bertz CT molecular complexity index is 578. The number of ether oxygens (including phenoxy) is 1. The first-order valence-corrected chi connectivity index (χ1v) is 5.98. The minimum Gasteiger partial charge on any atom is -0.496 e. The second-order valence-electron chi connectivity index (χ2n) is 4.52. The van der Waals surface area contributed by atoms with E-state index in [0.29, 0.717) is 5.82 Å². The number of H-pyrrole nitrogens is 1. The third-order valence-electron chi connectivity index (χ3n) is 3.27. The molecule has 0 aliphatic heterocycles. The van der Waals surface area contributed by atoms with E-state index in [2.05, 4.69) is 15.6 Å². The summed E-state index contributed by atoms with van der Waals surface area (Å²) in [6.07, 6.45) is 1.68. The van der Waals surface area contributed by atoms with E-state index in [-0.39, 0.29) is 6.04 Å². The van der Waals surface area contributed by atoms with Gasteiger partial charge in [-0.15, -0.1) is 0 Å². The van der Waals surface area contributed by atoms with Crippen molar-refractivity contribution in [3.8, 4) is 5.75 Å². The number of rotatable bonds is 4. The summed E-state index contributed by atoms with van der Waals surface area (Å²) in [6.45, 7) is 4.01. The van der Waals surface area contributed by atoms with Crippen LogP contribution in [0.2, 0.25) is 0 Å². The molecule has 6 nitrogen and oxygen atoms in total. The lowest BCUT2D eigenvalue weighted by atomic mass is 9.94. The number of aromatic amines is 1. The lowest BCUT2D eigenvalue weighted by Gasteiger charge is -2.20. The maximum atomic E-state index is 5.86. The highest BCUT2D eigenvalue weighted by molar-refractivity contribution is 5.49. The van der Waals surface area contributed by atoms with Gasteiger partial charge in [0.1, 0.15) is 11.6 Å². The second kappa shape index (κ2) is 5.29. The molecule has 1 unspecified atom stereocenters. The Balaban J connectivity index is 2.50. The van der Waals surface area contributed by atoms with Crippen LogP contribution in [0, 0.1) is 13.8 Å². The Morgan fingerprint density at radius 1 is 1.26 bits per heavy atom. The molecule has 0 saturated heterocycles. The van der Waals surface area contributed by atoms with Crippen molar-refractivity contribution in [2.24, 2.45) is 5.84 Å². The second-order valence-corrected chi connectivity index (χ2v) is 4.52. The van der Waals surface area contributed by atoms with E-state index in [0.717, 1.165) is 28.0 Å². The first kappa shape index (κ1) is 13.4. The smallest absolute Gasteiger partial charge is 0.124 e. The predicted octanol–water partition coefficient (Wildman–Crippen LogP) is 1.17. The van der Waals surface area contributed by atoms with E-state index in [4.69, 9.17) is 16.3 Å². The van der Waals surface area contributed by atoms with Gasteiger partial charge < -0.3 is 10.5 Å². The lowest BCUT2D eigenvalue weighted by molar-refractivity contribution is 0.411. The van der Waals surface area contributed by atoms with Crippen molar-refractivity contribution in [2.75, 3.05) is 12.8 Å². The zero-order chi connectivity index (χ0) is 14.0. The van der Waals surface area contributed by atoms with Crippen LogP contribution in [-0.2, 0) is 0 Å². The van der Waals surface area contributed by atoms with Crippen molar-refractivity contribution in [2.45, 2.75) is 19.9 Å². The van der Waals surface area contributed by atoms with Gasteiger partial charge in [-0.2, -0.15) is 5.10 Å². The van der Waals surface area contributed by atoms with Crippen molar-refractivity contribution in [1.82, 2.24) is 15.6 Å². The number of nitrogens with zero attached hydrogens (tertiary/aromatic N) is 1. The third-order valence-corrected chi connectivity index (χ3v) is 3.27. The molecule has 0 aliphatic carbocycles. The number of nitrogens with two attached hydrogens (primary N) is 2. The van der Waals surface area contributed by atoms with Gasteiger partial charge in [0.15, 0.2) is 0 Å². The number of aromatic nitrogens is 2. The number of benzene rings is 1. The summed E-state index contributed by atoms with van der Waals surface area (Å²) in [7, 11) is 1.66. The Kier molecular flexibility index (Phi) is 3.73. The van der Waals surface area contributed by atoms with Crippen molar-refractivity contribution < 1.29 is 4.74 Å². The molecule has 0 radical (unpaired) electrons. The van der Waals surface area contributed by atoms with E-state index in [1.165, 1.54) is 0 Å². The van der Waals surface area contributed by atoms with Gasteiger partial charge in [0.2, 0.25) is 0 Å². The van der Waals surface area contributed by atoms with E-state index in [9.17, 15) is 0 Å². The fourth-order valence-corrected chi connectivity index (χ4v) is 2.23. The molecule has 0 amide bonds. The maximum Gasteiger partial charge on any atom is 0.124 e.